The Kier molecular flexibility index (Phi) is 4.33. The number of rotatable bonds is 2. The highest BCUT2D eigenvalue weighted by atomic mass is 35.5. The second kappa shape index (κ2) is 5.99. The van der Waals surface area contributed by atoms with Gasteiger partial charge in [-0.3, -0.25) is 9.59 Å². The molecule has 6 heteroatoms. The van der Waals surface area contributed by atoms with E-state index < -0.39 is 39.9 Å². The van der Waals surface area contributed by atoms with Crippen LogP contribution < -0.4 is 0 Å². The van der Waals surface area contributed by atoms with Gasteiger partial charge in [0.1, 0.15) is 5.60 Å². The average Bonchev–Trinajstić information content (AvgIpc) is 2.84. The van der Waals surface area contributed by atoms with Crippen LogP contribution in [-0.4, -0.2) is 45.0 Å². The molecule has 4 nitrogen and oxygen atoms in total. The van der Waals surface area contributed by atoms with Crippen molar-refractivity contribution in [2.24, 2.45) is 28.6 Å². The summed E-state index contributed by atoms with van der Waals surface area (Å²) in [5.41, 5.74) is -4.90. The first-order chi connectivity index (χ1) is 13.0. The molecule has 3 fully saturated rings. The van der Waals surface area contributed by atoms with Crippen molar-refractivity contribution < 1.29 is 24.2 Å². The van der Waals surface area contributed by atoms with Gasteiger partial charge in [0.25, 0.3) is 0 Å². The molecule has 0 aliphatic heterocycles. The van der Waals surface area contributed by atoms with Crippen LogP contribution in [0.15, 0.2) is 23.8 Å². The minimum atomic E-state index is -1.95. The second-order valence-electron chi connectivity index (χ2n) is 9.72. The highest BCUT2D eigenvalue weighted by Gasteiger charge is 2.75. The molecule has 0 spiro atoms. The molecule has 0 radical (unpaired) electrons. The number of allylic oxidation sites excluding steroid dienone is 4. The normalized spacial score (nSPS) is 52.5. The fourth-order valence-corrected chi connectivity index (χ4v) is 7.45. The van der Waals surface area contributed by atoms with Crippen LogP contribution in [0.2, 0.25) is 0 Å². The Bertz CT molecular complexity index is 808. The van der Waals surface area contributed by atoms with Gasteiger partial charge in [0.05, 0.1) is 12.0 Å². The van der Waals surface area contributed by atoms with Crippen LogP contribution in [0.3, 0.4) is 0 Å². The zero-order chi connectivity index (χ0) is 20.7. The zero-order valence-corrected chi connectivity index (χ0v) is 17.3. The summed E-state index contributed by atoms with van der Waals surface area (Å²) in [6.45, 7) is 5.38. The van der Waals surface area contributed by atoms with E-state index in [1.807, 2.05) is 13.8 Å². The molecule has 2 N–H and O–H groups in total. The average molecular weight is 411 g/mol. The topological polar surface area (TPSA) is 74.6 Å². The number of carbonyl (C=O) groups is 2. The van der Waals surface area contributed by atoms with E-state index in [9.17, 15) is 19.8 Å². The Balaban J connectivity index is 1.84. The third kappa shape index (κ3) is 2.08. The SMILES string of the molecule is C[C@H]1C[C@H]2[C@@H]3CCC4=CC(=O)C=C[C@]4(C)C3(F)[C@@H](O)C[C@]2(C)[C@@]1(O)C(=O)CCl. The van der Waals surface area contributed by atoms with Crippen LogP contribution in [0, 0.1) is 28.6 Å². The van der Waals surface area contributed by atoms with Crippen molar-refractivity contribution in [2.45, 2.75) is 63.8 Å². The smallest absolute Gasteiger partial charge is 0.179 e. The fraction of sp³-hybridized carbons (Fsp3) is 0.727. The first kappa shape index (κ1) is 20.2. The van der Waals surface area contributed by atoms with E-state index in [0.717, 1.165) is 5.57 Å². The van der Waals surface area contributed by atoms with Gasteiger partial charge < -0.3 is 10.2 Å². The summed E-state index contributed by atoms with van der Waals surface area (Å²) < 4.78 is 16.9. The molecule has 0 amide bonds. The number of ketones is 2. The van der Waals surface area contributed by atoms with Crippen molar-refractivity contribution in [3.8, 4) is 0 Å². The van der Waals surface area contributed by atoms with Crippen molar-refractivity contribution >= 4 is 23.2 Å². The standard InChI is InChI=1S/C22H28ClFO4/c1-12-8-16-15-5-4-13-9-14(25)6-7-19(13,2)21(15,24)17(26)10-20(16,3)22(12,28)18(27)11-23/h6-7,9,12,15-17,26,28H,4-5,8,10-11H2,1-3H3/t12-,15-,16-,17-,19-,20-,21?,22-/m0/s1. The molecule has 0 bridgehead atoms. The number of hydrogen-bond donors (Lipinski definition) is 2. The zero-order valence-electron chi connectivity index (χ0n) is 16.5. The molecule has 4 aliphatic carbocycles. The Morgan fingerprint density at radius 1 is 1.36 bits per heavy atom. The number of alkyl halides is 2. The lowest BCUT2D eigenvalue weighted by Gasteiger charge is -2.62. The molecule has 1 unspecified atom stereocenters. The lowest BCUT2D eigenvalue weighted by atomic mass is 9.44. The maximum Gasteiger partial charge on any atom is 0.179 e. The van der Waals surface area contributed by atoms with Crippen LogP contribution in [-0.2, 0) is 9.59 Å². The number of hydrogen-bond acceptors (Lipinski definition) is 4. The van der Waals surface area contributed by atoms with Gasteiger partial charge in [-0.15, -0.1) is 11.6 Å². The van der Waals surface area contributed by atoms with Gasteiger partial charge in [-0.2, -0.15) is 0 Å². The van der Waals surface area contributed by atoms with Crippen LogP contribution in [0.1, 0.15) is 46.5 Å². The van der Waals surface area contributed by atoms with Gasteiger partial charge in [0, 0.05) is 16.7 Å². The summed E-state index contributed by atoms with van der Waals surface area (Å²) in [6.07, 6.45) is 4.69. The molecule has 0 heterocycles. The first-order valence-electron chi connectivity index (χ1n) is 10.1. The van der Waals surface area contributed by atoms with Crippen molar-refractivity contribution in [2.75, 3.05) is 5.88 Å². The first-order valence-corrected chi connectivity index (χ1v) is 10.6. The Morgan fingerprint density at radius 2 is 2.04 bits per heavy atom. The van der Waals surface area contributed by atoms with Crippen molar-refractivity contribution in [3.63, 3.8) is 0 Å². The van der Waals surface area contributed by atoms with Gasteiger partial charge in [-0.1, -0.05) is 25.5 Å². The Labute approximate surface area is 169 Å². The molecular weight excluding hydrogens is 383 g/mol. The molecule has 8 atom stereocenters. The van der Waals surface area contributed by atoms with Crippen LogP contribution in [0.4, 0.5) is 4.39 Å². The highest BCUT2D eigenvalue weighted by Crippen LogP contribution is 2.70. The summed E-state index contributed by atoms with van der Waals surface area (Å²) in [7, 11) is 0. The molecule has 4 rings (SSSR count). The molecule has 0 aromatic carbocycles. The second-order valence-corrected chi connectivity index (χ2v) is 9.99. The lowest BCUT2D eigenvalue weighted by Crippen LogP contribution is -2.69. The van der Waals surface area contributed by atoms with Gasteiger partial charge in [0.15, 0.2) is 17.2 Å². The van der Waals surface area contributed by atoms with Gasteiger partial charge in [0.2, 0.25) is 0 Å². The monoisotopic (exact) mass is 410 g/mol. The molecule has 3 saturated carbocycles. The highest BCUT2D eigenvalue weighted by molar-refractivity contribution is 6.29. The van der Waals surface area contributed by atoms with Crippen molar-refractivity contribution in [3.05, 3.63) is 23.8 Å². The van der Waals surface area contributed by atoms with E-state index in [-0.39, 0.29) is 29.9 Å². The lowest BCUT2D eigenvalue weighted by molar-refractivity contribution is -0.218. The van der Waals surface area contributed by atoms with Crippen molar-refractivity contribution in [1.82, 2.24) is 0 Å². The Hall–Kier alpha value is -1.04. The summed E-state index contributed by atoms with van der Waals surface area (Å²) >= 11 is 5.81. The quantitative estimate of drug-likeness (QED) is 0.686. The third-order valence-corrected chi connectivity index (χ3v) is 9.01. The van der Waals surface area contributed by atoms with E-state index in [0.29, 0.717) is 19.3 Å². The fourth-order valence-electron chi connectivity index (χ4n) is 7.24. The van der Waals surface area contributed by atoms with E-state index in [1.165, 1.54) is 12.2 Å². The minimum absolute atomic E-state index is 0.0151. The Morgan fingerprint density at radius 3 is 2.68 bits per heavy atom. The summed E-state index contributed by atoms with van der Waals surface area (Å²) in [5.74, 6) is -2.03. The number of fused-ring (bicyclic) bond motifs is 5. The molecule has 4 aliphatic rings. The number of aliphatic hydroxyl groups excluding tert-OH is 1. The van der Waals surface area contributed by atoms with Crippen molar-refractivity contribution in [1.29, 1.82) is 0 Å². The van der Waals surface area contributed by atoms with Gasteiger partial charge in [-0.05, 0) is 56.6 Å². The molecular formula is C22H28ClFO4. The maximum atomic E-state index is 16.9. The number of halogens is 2. The third-order valence-electron chi connectivity index (χ3n) is 8.77. The maximum absolute atomic E-state index is 16.9. The minimum Gasteiger partial charge on any atom is -0.390 e. The van der Waals surface area contributed by atoms with E-state index in [2.05, 4.69) is 0 Å². The van der Waals surface area contributed by atoms with E-state index >= 15 is 4.39 Å². The van der Waals surface area contributed by atoms with Crippen LogP contribution in [0.5, 0.6) is 0 Å². The van der Waals surface area contributed by atoms with E-state index in [4.69, 9.17) is 11.6 Å². The molecule has 28 heavy (non-hydrogen) atoms. The molecule has 0 aromatic rings. The predicted molar refractivity (Wildman–Crippen MR) is 104 cm³/mol. The number of carbonyl (C=O) groups excluding carboxylic acids is 2. The van der Waals surface area contributed by atoms with Crippen LogP contribution >= 0.6 is 11.6 Å². The van der Waals surface area contributed by atoms with Crippen LogP contribution in [0.25, 0.3) is 0 Å². The van der Waals surface area contributed by atoms with Gasteiger partial charge in [-0.25, -0.2) is 4.39 Å². The summed E-state index contributed by atoms with van der Waals surface area (Å²) in [4.78, 5) is 24.5. The summed E-state index contributed by atoms with van der Waals surface area (Å²) in [5, 5.41) is 22.6. The summed E-state index contributed by atoms with van der Waals surface area (Å²) in [6, 6.07) is 0. The van der Waals surface area contributed by atoms with Gasteiger partial charge >= 0.3 is 0 Å². The largest absolute Gasteiger partial charge is 0.390 e. The molecule has 0 saturated heterocycles. The number of Topliss-reactive ketones (excluding diaryl/α,β-unsaturated/α-hetero) is 1. The van der Waals surface area contributed by atoms with E-state index in [1.54, 1.807) is 13.0 Å². The molecule has 154 valence electrons. The predicted octanol–water partition coefficient (Wildman–Crippen LogP) is 3.14. The molecule has 0 aromatic heterocycles. The number of aliphatic hydroxyl groups is 2.